The second kappa shape index (κ2) is 9.08. The minimum atomic E-state index is -2.87. The van der Waals surface area contributed by atoms with Gasteiger partial charge in [0.2, 0.25) is 0 Å². The molecule has 1 atom stereocenters. The minimum absolute atomic E-state index is 0.0310. The number of carbonyl (C=O) groups is 2. The van der Waals surface area contributed by atoms with Crippen LogP contribution < -0.4 is 16.5 Å². The highest BCUT2D eigenvalue weighted by atomic mass is 32.3. The highest BCUT2D eigenvalue weighted by Crippen LogP contribution is 2.54. The van der Waals surface area contributed by atoms with Crippen LogP contribution in [0.4, 0.5) is 0 Å². The number of carbonyl (C=O) groups excluding carboxylic acids is 2. The minimum Gasteiger partial charge on any atom is -0.395 e. The summed E-state index contributed by atoms with van der Waals surface area (Å²) in [5, 5.41) is 19.9. The van der Waals surface area contributed by atoms with Crippen LogP contribution in [0.2, 0.25) is 0 Å². The largest absolute Gasteiger partial charge is 0.395 e. The Hall–Kier alpha value is -2.57. The summed E-state index contributed by atoms with van der Waals surface area (Å²) in [6.45, 7) is -0.0310. The average molecular weight is 407 g/mol. The topological polar surface area (TPSA) is 165 Å². The van der Waals surface area contributed by atoms with Crippen molar-refractivity contribution in [2.24, 2.45) is 5.73 Å². The predicted molar refractivity (Wildman–Crippen MR) is 103 cm³/mol. The Balaban J connectivity index is 2.08. The SMILES string of the molecule is NC1(C(NC(=O)c2ccc(C#CC#CCCO)cc2)C(=O)NO)CS(O)(O)C1. The van der Waals surface area contributed by atoms with E-state index in [-0.39, 0.29) is 23.7 Å². The first-order chi connectivity index (χ1) is 13.2. The van der Waals surface area contributed by atoms with E-state index in [1.54, 1.807) is 12.1 Å². The second-order valence-electron chi connectivity index (χ2n) is 6.31. The molecule has 2 amide bonds. The maximum atomic E-state index is 12.4. The van der Waals surface area contributed by atoms with Gasteiger partial charge in [0.25, 0.3) is 11.8 Å². The number of hydrogen-bond donors (Lipinski definition) is 7. The Morgan fingerprint density at radius 1 is 1.21 bits per heavy atom. The fourth-order valence-electron chi connectivity index (χ4n) is 2.71. The van der Waals surface area contributed by atoms with Crippen LogP contribution in [0.3, 0.4) is 0 Å². The first-order valence-corrected chi connectivity index (χ1v) is 10.1. The maximum absolute atomic E-state index is 12.4. The van der Waals surface area contributed by atoms with Gasteiger partial charge in [-0.1, -0.05) is 11.8 Å². The van der Waals surface area contributed by atoms with Crippen molar-refractivity contribution in [1.29, 1.82) is 0 Å². The first-order valence-electron chi connectivity index (χ1n) is 8.18. The molecule has 1 saturated heterocycles. The molecular weight excluding hydrogens is 386 g/mol. The van der Waals surface area contributed by atoms with Crippen molar-refractivity contribution in [2.75, 3.05) is 18.1 Å². The van der Waals surface area contributed by atoms with Gasteiger partial charge in [0.1, 0.15) is 6.04 Å². The lowest BCUT2D eigenvalue weighted by Crippen LogP contribution is -2.73. The Bertz CT molecular complexity index is 855. The van der Waals surface area contributed by atoms with Gasteiger partial charge in [0.15, 0.2) is 0 Å². The average Bonchev–Trinajstić information content (AvgIpc) is 2.64. The van der Waals surface area contributed by atoms with Crippen LogP contribution in [0.1, 0.15) is 22.3 Å². The van der Waals surface area contributed by atoms with Gasteiger partial charge >= 0.3 is 0 Å². The highest BCUT2D eigenvalue weighted by molar-refractivity contribution is 8.25. The fraction of sp³-hybridized carbons (Fsp3) is 0.333. The summed E-state index contributed by atoms with van der Waals surface area (Å²) in [7, 11) is -2.87. The van der Waals surface area contributed by atoms with E-state index in [0.717, 1.165) is 0 Å². The van der Waals surface area contributed by atoms with Crippen LogP contribution in [0.15, 0.2) is 24.3 Å². The fourth-order valence-corrected chi connectivity index (χ4v) is 4.68. The third kappa shape index (κ3) is 5.47. The molecule has 10 heteroatoms. The van der Waals surface area contributed by atoms with Crippen LogP contribution >= 0.6 is 10.6 Å². The van der Waals surface area contributed by atoms with Gasteiger partial charge in [-0.3, -0.25) is 23.9 Å². The number of amides is 2. The molecule has 8 N–H and O–H groups in total. The number of aliphatic hydroxyl groups excluding tert-OH is 1. The summed E-state index contributed by atoms with van der Waals surface area (Å²) < 4.78 is 19.1. The van der Waals surface area contributed by atoms with E-state index in [4.69, 9.17) is 16.0 Å². The Kier molecular flexibility index (Phi) is 7.05. The quantitative estimate of drug-likeness (QED) is 0.196. The molecule has 2 rings (SSSR count). The van der Waals surface area contributed by atoms with Crippen molar-refractivity contribution in [1.82, 2.24) is 10.8 Å². The molecule has 150 valence electrons. The summed E-state index contributed by atoms with van der Waals surface area (Å²) in [5.74, 6) is 8.55. The summed E-state index contributed by atoms with van der Waals surface area (Å²) >= 11 is 0. The van der Waals surface area contributed by atoms with E-state index in [1.807, 2.05) is 0 Å². The summed E-state index contributed by atoms with van der Waals surface area (Å²) in [4.78, 5) is 24.4. The lowest BCUT2D eigenvalue weighted by molar-refractivity contribution is -0.132. The lowest BCUT2D eigenvalue weighted by Gasteiger charge is -2.56. The number of hydrogen-bond acceptors (Lipinski definition) is 7. The van der Waals surface area contributed by atoms with Crippen LogP contribution in [-0.4, -0.2) is 60.9 Å². The van der Waals surface area contributed by atoms with Crippen LogP contribution in [-0.2, 0) is 4.79 Å². The van der Waals surface area contributed by atoms with Gasteiger partial charge in [-0.15, -0.1) is 0 Å². The summed E-state index contributed by atoms with van der Waals surface area (Å²) in [6.07, 6.45) is 0.341. The second-order valence-corrected chi connectivity index (χ2v) is 8.49. The van der Waals surface area contributed by atoms with Gasteiger partial charge in [0.05, 0.1) is 23.7 Å². The van der Waals surface area contributed by atoms with Crippen molar-refractivity contribution in [2.45, 2.75) is 18.0 Å². The molecule has 1 aliphatic heterocycles. The smallest absolute Gasteiger partial charge is 0.267 e. The molecule has 0 aliphatic carbocycles. The first kappa shape index (κ1) is 21.7. The third-order valence-electron chi connectivity index (χ3n) is 3.96. The summed E-state index contributed by atoms with van der Waals surface area (Å²) in [6, 6.07) is 4.83. The molecule has 0 aromatic heterocycles. The number of nitrogens with two attached hydrogens (primary N) is 1. The van der Waals surface area contributed by atoms with Crippen molar-refractivity contribution >= 4 is 22.4 Å². The molecule has 28 heavy (non-hydrogen) atoms. The molecule has 9 nitrogen and oxygen atoms in total. The molecule has 0 radical (unpaired) electrons. The lowest BCUT2D eigenvalue weighted by atomic mass is 9.93. The number of aliphatic hydroxyl groups is 1. The van der Waals surface area contributed by atoms with Crippen molar-refractivity contribution in [3.05, 3.63) is 35.4 Å². The van der Waals surface area contributed by atoms with Crippen LogP contribution in [0, 0.1) is 23.7 Å². The van der Waals surface area contributed by atoms with E-state index in [2.05, 4.69) is 29.0 Å². The van der Waals surface area contributed by atoms with Gasteiger partial charge < -0.3 is 16.2 Å². The highest BCUT2D eigenvalue weighted by Gasteiger charge is 2.54. The molecule has 1 aromatic rings. The molecule has 0 saturated carbocycles. The van der Waals surface area contributed by atoms with Gasteiger partial charge in [-0.2, -0.15) is 10.6 Å². The molecule has 1 aromatic carbocycles. The predicted octanol–water partition coefficient (Wildman–Crippen LogP) is -0.511. The number of benzene rings is 1. The Morgan fingerprint density at radius 3 is 2.39 bits per heavy atom. The van der Waals surface area contributed by atoms with E-state index >= 15 is 0 Å². The number of rotatable bonds is 5. The molecular formula is C18H21N3O6S. The zero-order chi connectivity index (χ0) is 20.8. The third-order valence-corrected chi connectivity index (χ3v) is 5.96. The van der Waals surface area contributed by atoms with Gasteiger partial charge in [-0.05, 0) is 36.1 Å². The number of hydroxylamine groups is 1. The van der Waals surface area contributed by atoms with E-state index in [1.165, 1.54) is 17.6 Å². The van der Waals surface area contributed by atoms with Crippen molar-refractivity contribution in [3.8, 4) is 23.7 Å². The zero-order valence-corrected chi connectivity index (χ0v) is 15.6. The monoisotopic (exact) mass is 407 g/mol. The molecule has 1 heterocycles. The Labute approximate surface area is 163 Å². The van der Waals surface area contributed by atoms with E-state index < -0.39 is 34.0 Å². The zero-order valence-electron chi connectivity index (χ0n) is 14.8. The molecule has 0 spiro atoms. The maximum Gasteiger partial charge on any atom is 0.267 e. The molecule has 1 aliphatic rings. The van der Waals surface area contributed by atoms with Crippen molar-refractivity contribution < 1.29 is 29.0 Å². The molecule has 1 fully saturated rings. The molecule has 1 unspecified atom stereocenters. The number of nitrogens with one attached hydrogen (secondary N) is 2. The summed E-state index contributed by atoms with van der Waals surface area (Å²) in [5.41, 5.74) is 6.91. The van der Waals surface area contributed by atoms with Crippen LogP contribution in [0.25, 0.3) is 0 Å². The van der Waals surface area contributed by atoms with Gasteiger partial charge in [-0.25, -0.2) is 5.48 Å². The normalized spacial score (nSPS) is 18.0. The Morgan fingerprint density at radius 2 is 1.86 bits per heavy atom. The van der Waals surface area contributed by atoms with E-state index in [9.17, 15) is 18.7 Å². The van der Waals surface area contributed by atoms with Gasteiger partial charge in [0, 0.05) is 17.5 Å². The van der Waals surface area contributed by atoms with Crippen LogP contribution in [0.5, 0.6) is 0 Å². The van der Waals surface area contributed by atoms with Crippen molar-refractivity contribution in [3.63, 3.8) is 0 Å². The molecule has 0 bridgehead atoms. The standard InChI is InChI=1S/C18H21N3O6S/c19-18(11-28(26,27)12-18)15(17(24)21-25)20-16(23)14-8-6-13(7-9-14)5-3-1-2-4-10-22/h6-9,15,22,25-27H,4,10-12,19H2,(H,20,23)(H,21,24). The van der Waals surface area contributed by atoms with E-state index in [0.29, 0.717) is 12.0 Å².